The van der Waals surface area contributed by atoms with Crippen LogP contribution in [0.25, 0.3) is 5.57 Å². The van der Waals surface area contributed by atoms with E-state index >= 15 is 0 Å². The quantitative estimate of drug-likeness (QED) is 0.546. The predicted octanol–water partition coefficient (Wildman–Crippen LogP) is 5.37. The predicted molar refractivity (Wildman–Crippen MR) is 115 cm³/mol. The van der Waals surface area contributed by atoms with E-state index in [4.69, 9.17) is 4.74 Å². The fourth-order valence-electron chi connectivity index (χ4n) is 3.52. The number of methoxy groups -OCH3 is 1. The van der Waals surface area contributed by atoms with E-state index in [0.29, 0.717) is 17.1 Å². The molecule has 0 bridgehead atoms. The number of hydrogen-bond acceptors (Lipinski definition) is 3. The van der Waals surface area contributed by atoms with Crippen molar-refractivity contribution in [2.75, 3.05) is 12.4 Å². The maximum Gasteiger partial charge on any atom is 0.260 e. The van der Waals surface area contributed by atoms with Gasteiger partial charge in [0.05, 0.1) is 12.7 Å². The molecule has 0 spiro atoms. The molecule has 1 N–H and O–H groups in total. The van der Waals surface area contributed by atoms with Gasteiger partial charge in [-0.05, 0) is 66.6 Å². The molecule has 28 heavy (non-hydrogen) atoms. The molecular formula is C24H26N2O2. The number of allylic oxidation sites excluding steroid dienone is 4. The molecule has 3 rings (SSSR count). The first kappa shape index (κ1) is 19.6. The van der Waals surface area contributed by atoms with Crippen LogP contribution in [0.4, 0.5) is 5.82 Å². The summed E-state index contributed by atoms with van der Waals surface area (Å²) in [6.07, 6.45) is 12.6. The number of aromatic nitrogens is 1. The number of hydrogen-bond donors (Lipinski definition) is 1. The van der Waals surface area contributed by atoms with Crippen LogP contribution in [0, 0.1) is 0 Å². The number of benzene rings is 1. The number of rotatable bonds is 6. The minimum Gasteiger partial charge on any atom is -0.496 e. The second kappa shape index (κ2) is 9.18. The van der Waals surface area contributed by atoms with Gasteiger partial charge in [-0.25, -0.2) is 4.98 Å². The molecule has 144 valence electrons. The molecule has 0 saturated heterocycles. The Balaban J connectivity index is 1.83. The first-order chi connectivity index (χ1) is 13.7. The number of ether oxygens (including phenoxy) is 1. The van der Waals surface area contributed by atoms with Crippen molar-refractivity contribution in [3.63, 3.8) is 0 Å². The maximum absolute atomic E-state index is 12.9. The lowest BCUT2D eigenvalue weighted by atomic mass is 9.98. The van der Waals surface area contributed by atoms with E-state index < -0.39 is 0 Å². The standard InChI is InChI=1S/C24H26N2O2/c1-4-9-17(5-2)20-12-13-23(25-16-20)26-24(27)21-14-18-10-7-6-8-11-19(18)15-22(21)28-3/h4-5,9,12-16H,1-2,6-8,10-11H2,3H3,(H,25,26,27)/b17-9+. The number of anilines is 1. The Kier molecular flexibility index (Phi) is 6.43. The van der Waals surface area contributed by atoms with Gasteiger partial charge in [0.15, 0.2) is 0 Å². The first-order valence-electron chi connectivity index (χ1n) is 9.59. The fourth-order valence-corrected chi connectivity index (χ4v) is 3.52. The molecule has 4 nitrogen and oxygen atoms in total. The Hall–Kier alpha value is -3.14. The third-order valence-corrected chi connectivity index (χ3v) is 5.01. The lowest BCUT2D eigenvalue weighted by molar-refractivity contribution is 0.102. The zero-order valence-corrected chi connectivity index (χ0v) is 16.3. The SMILES string of the molecule is C=C/C=C(\C=C)c1ccc(NC(=O)c2cc3c(cc2OC)CCCCC3)nc1. The number of carbonyl (C=O) groups is 1. The normalized spacial score (nSPS) is 13.8. The van der Waals surface area contributed by atoms with Crippen LogP contribution in [0.2, 0.25) is 0 Å². The van der Waals surface area contributed by atoms with Crippen LogP contribution in [-0.4, -0.2) is 18.0 Å². The summed E-state index contributed by atoms with van der Waals surface area (Å²) in [5, 5.41) is 2.88. The molecule has 0 aliphatic heterocycles. The minimum atomic E-state index is -0.213. The summed E-state index contributed by atoms with van der Waals surface area (Å²) in [5.41, 5.74) is 4.92. The smallest absolute Gasteiger partial charge is 0.260 e. The number of amides is 1. The van der Waals surface area contributed by atoms with E-state index in [-0.39, 0.29) is 5.91 Å². The van der Waals surface area contributed by atoms with Gasteiger partial charge in [0.1, 0.15) is 11.6 Å². The Morgan fingerprint density at radius 3 is 2.50 bits per heavy atom. The molecule has 2 aromatic rings. The van der Waals surface area contributed by atoms with Crippen LogP contribution in [0.5, 0.6) is 5.75 Å². The van der Waals surface area contributed by atoms with Gasteiger partial charge in [0.25, 0.3) is 5.91 Å². The van der Waals surface area contributed by atoms with Crippen LogP contribution in [0.3, 0.4) is 0 Å². The third-order valence-electron chi connectivity index (χ3n) is 5.01. The van der Waals surface area contributed by atoms with Crippen LogP contribution >= 0.6 is 0 Å². The van der Waals surface area contributed by atoms with Gasteiger partial charge in [-0.15, -0.1) is 0 Å². The largest absolute Gasteiger partial charge is 0.496 e. The van der Waals surface area contributed by atoms with Crippen LogP contribution in [0.15, 0.2) is 61.8 Å². The van der Waals surface area contributed by atoms with E-state index in [2.05, 4.69) is 23.5 Å². The van der Waals surface area contributed by atoms with E-state index in [1.807, 2.05) is 24.3 Å². The molecule has 0 atom stereocenters. The highest BCUT2D eigenvalue weighted by Gasteiger charge is 2.18. The van der Waals surface area contributed by atoms with Crippen molar-refractivity contribution >= 4 is 17.3 Å². The second-order valence-corrected chi connectivity index (χ2v) is 6.83. The lowest BCUT2D eigenvalue weighted by Gasteiger charge is -2.14. The van der Waals surface area contributed by atoms with Crippen molar-refractivity contribution in [3.8, 4) is 5.75 Å². The average molecular weight is 374 g/mol. The van der Waals surface area contributed by atoms with Crippen molar-refractivity contribution in [2.24, 2.45) is 0 Å². The molecule has 0 unspecified atom stereocenters. The number of nitrogens with zero attached hydrogens (tertiary/aromatic N) is 1. The van der Waals surface area contributed by atoms with Gasteiger partial charge in [0.2, 0.25) is 0 Å². The summed E-state index contributed by atoms with van der Waals surface area (Å²) < 4.78 is 5.49. The fraction of sp³-hybridized carbons (Fsp3) is 0.250. The van der Waals surface area contributed by atoms with Crippen LogP contribution < -0.4 is 10.1 Å². The van der Waals surface area contributed by atoms with Gasteiger partial charge in [-0.3, -0.25) is 4.79 Å². The lowest BCUT2D eigenvalue weighted by Crippen LogP contribution is -2.15. The summed E-state index contributed by atoms with van der Waals surface area (Å²) in [6, 6.07) is 7.67. The zero-order chi connectivity index (χ0) is 19.9. The molecule has 1 aliphatic carbocycles. The highest BCUT2D eigenvalue weighted by molar-refractivity contribution is 6.06. The number of aryl methyl sites for hydroxylation is 2. The zero-order valence-electron chi connectivity index (χ0n) is 16.3. The number of carbonyl (C=O) groups excluding carboxylic acids is 1. The van der Waals surface area contributed by atoms with Gasteiger partial charge >= 0.3 is 0 Å². The Bertz CT molecular complexity index is 911. The van der Waals surface area contributed by atoms with Gasteiger partial charge < -0.3 is 10.1 Å². The van der Waals surface area contributed by atoms with Gasteiger partial charge in [0, 0.05) is 11.8 Å². The minimum absolute atomic E-state index is 0.213. The van der Waals surface area contributed by atoms with E-state index in [1.54, 1.807) is 31.5 Å². The highest BCUT2D eigenvalue weighted by Crippen LogP contribution is 2.29. The van der Waals surface area contributed by atoms with E-state index in [1.165, 1.54) is 24.0 Å². The highest BCUT2D eigenvalue weighted by atomic mass is 16.5. The molecular weight excluding hydrogens is 348 g/mol. The van der Waals surface area contributed by atoms with Crippen molar-refractivity contribution in [1.29, 1.82) is 0 Å². The van der Waals surface area contributed by atoms with Crippen molar-refractivity contribution < 1.29 is 9.53 Å². The molecule has 1 aromatic heterocycles. The molecule has 1 amide bonds. The van der Waals surface area contributed by atoms with Crippen molar-refractivity contribution in [1.82, 2.24) is 4.98 Å². The molecule has 0 saturated carbocycles. The molecule has 1 aromatic carbocycles. The number of fused-ring (bicyclic) bond motifs is 1. The average Bonchev–Trinajstić information content (AvgIpc) is 2.96. The van der Waals surface area contributed by atoms with E-state index in [9.17, 15) is 4.79 Å². The second-order valence-electron chi connectivity index (χ2n) is 6.83. The van der Waals surface area contributed by atoms with Crippen molar-refractivity contribution in [3.05, 3.63) is 84.1 Å². The summed E-state index contributed by atoms with van der Waals surface area (Å²) in [7, 11) is 1.60. The van der Waals surface area contributed by atoms with Gasteiger partial charge in [-0.1, -0.05) is 37.8 Å². The number of nitrogens with one attached hydrogen (secondary N) is 1. The van der Waals surface area contributed by atoms with E-state index in [0.717, 1.165) is 30.4 Å². The summed E-state index contributed by atoms with van der Waals surface area (Å²) in [4.78, 5) is 17.2. The monoisotopic (exact) mass is 374 g/mol. The molecule has 4 heteroatoms. The molecule has 1 heterocycles. The van der Waals surface area contributed by atoms with Crippen LogP contribution in [-0.2, 0) is 12.8 Å². The Morgan fingerprint density at radius 2 is 1.89 bits per heavy atom. The summed E-state index contributed by atoms with van der Waals surface area (Å²) >= 11 is 0. The third kappa shape index (κ3) is 4.39. The summed E-state index contributed by atoms with van der Waals surface area (Å²) in [5.74, 6) is 0.889. The Labute approximate surface area is 166 Å². The molecule has 0 fully saturated rings. The van der Waals surface area contributed by atoms with Gasteiger partial charge in [-0.2, -0.15) is 0 Å². The molecule has 1 aliphatic rings. The molecule has 0 radical (unpaired) electrons. The topological polar surface area (TPSA) is 51.2 Å². The van der Waals surface area contributed by atoms with Crippen LogP contribution in [0.1, 0.15) is 46.3 Å². The summed E-state index contributed by atoms with van der Waals surface area (Å²) in [6.45, 7) is 7.50. The number of pyridine rings is 1. The first-order valence-corrected chi connectivity index (χ1v) is 9.59. The maximum atomic E-state index is 12.9. The van der Waals surface area contributed by atoms with Crippen molar-refractivity contribution in [2.45, 2.75) is 32.1 Å². The Morgan fingerprint density at radius 1 is 1.14 bits per heavy atom.